The smallest absolute Gasteiger partial charge is 0.339 e. The quantitative estimate of drug-likeness (QED) is 0.680. The lowest BCUT2D eigenvalue weighted by atomic mass is 10.1. The van der Waals surface area contributed by atoms with Gasteiger partial charge >= 0.3 is 11.9 Å². The van der Waals surface area contributed by atoms with E-state index in [0.29, 0.717) is 0 Å². The van der Waals surface area contributed by atoms with Gasteiger partial charge in [0.2, 0.25) is 0 Å². The second-order valence-corrected chi connectivity index (χ2v) is 4.02. The highest BCUT2D eigenvalue weighted by Gasteiger charge is 2.18. The van der Waals surface area contributed by atoms with Gasteiger partial charge in [-0.25, -0.2) is 9.59 Å². The first-order valence-corrected chi connectivity index (χ1v) is 5.70. The van der Waals surface area contributed by atoms with Gasteiger partial charge in [-0.3, -0.25) is 0 Å². The number of hydrogen-bond donors (Lipinski definition) is 4. The first-order chi connectivity index (χ1) is 9.91. The zero-order valence-electron chi connectivity index (χ0n) is 10.5. The van der Waals surface area contributed by atoms with Gasteiger partial charge in [-0.2, -0.15) is 0 Å². The number of hydrogen-bond acceptors (Lipinski definition) is 5. The largest absolute Gasteiger partial charge is 0.504 e. The van der Waals surface area contributed by atoms with E-state index in [4.69, 9.17) is 14.9 Å². The summed E-state index contributed by atoms with van der Waals surface area (Å²) in [5.74, 6) is -4.36. The van der Waals surface area contributed by atoms with Gasteiger partial charge < -0.3 is 25.2 Å². The van der Waals surface area contributed by atoms with E-state index in [2.05, 4.69) is 0 Å². The number of phenols is 2. The lowest BCUT2D eigenvalue weighted by molar-refractivity contribution is 0.0682. The Morgan fingerprint density at radius 2 is 1.14 bits per heavy atom. The van der Waals surface area contributed by atoms with E-state index < -0.39 is 23.4 Å². The predicted molar refractivity (Wildman–Crippen MR) is 70.2 cm³/mol. The van der Waals surface area contributed by atoms with Gasteiger partial charge in [-0.05, 0) is 24.3 Å². The third-order valence-corrected chi connectivity index (χ3v) is 2.68. The molecule has 0 heterocycles. The Morgan fingerprint density at radius 1 is 0.762 bits per heavy atom. The minimum Gasteiger partial charge on any atom is -0.504 e. The fourth-order valence-electron chi connectivity index (χ4n) is 1.67. The van der Waals surface area contributed by atoms with Crippen molar-refractivity contribution >= 4 is 11.9 Å². The number of benzene rings is 2. The number of aromatic hydroxyl groups is 2. The Morgan fingerprint density at radius 3 is 1.48 bits per heavy atom. The average molecular weight is 290 g/mol. The van der Waals surface area contributed by atoms with Crippen molar-refractivity contribution in [3.63, 3.8) is 0 Å². The molecule has 0 unspecified atom stereocenters. The van der Waals surface area contributed by atoms with Crippen LogP contribution >= 0.6 is 0 Å². The topological polar surface area (TPSA) is 124 Å². The number of ether oxygens (including phenoxy) is 1. The third-order valence-electron chi connectivity index (χ3n) is 2.68. The molecule has 4 N–H and O–H groups in total. The zero-order chi connectivity index (χ0) is 15.6. The molecule has 7 nitrogen and oxygen atoms in total. The van der Waals surface area contributed by atoms with Crippen LogP contribution in [-0.2, 0) is 0 Å². The first-order valence-electron chi connectivity index (χ1n) is 5.70. The van der Waals surface area contributed by atoms with Gasteiger partial charge in [0.1, 0.15) is 11.1 Å². The van der Waals surface area contributed by atoms with Gasteiger partial charge in [0.05, 0.1) is 0 Å². The summed E-state index contributed by atoms with van der Waals surface area (Å²) in [4.78, 5) is 21.8. The molecule has 2 rings (SSSR count). The molecule has 0 aliphatic carbocycles. The summed E-state index contributed by atoms with van der Waals surface area (Å²) in [5.41, 5.74) is -0.747. The van der Waals surface area contributed by atoms with Gasteiger partial charge in [0.15, 0.2) is 23.0 Å². The van der Waals surface area contributed by atoms with E-state index in [0.717, 1.165) is 0 Å². The van der Waals surface area contributed by atoms with Crippen molar-refractivity contribution in [3.8, 4) is 23.0 Å². The van der Waals surface area contributed by atoms with Crippen LogP contribution in [0.25, 0.3) is 0 Å². The maximum atomic E-state index is 10.9. The summed E-state index contributed by atoms with van der Waals surface area (Å²) in [6.45, 7) is 0. The molecule has 21 heavy (non-hydrogen) atoms. The van der Waals surface area contributed by atoms with Crippen LogP contribution in [0.1, 0.15) is 20.7 Å². The van der Waals surface area contributed by atoms with Crippen molar-refractivity contribution < 1.29 is 34.8 Å². The van der Waals surface area contributed by atoms with Crippen molar-refractivity contribution in [2.75, 3.05) is 0 Å². The van der Waals surface area contributed by atoms with Crippen molar-refractivity contribution in [1.29, 1.82) is 0 Å². The molecule has 0 fully saturated rings. The molecule has 0 aliphatic rings. The molecule has 0 aromatic heterocycles. The van der Waals surface area contributed by atoms with E-state index in [1.54, 1.807) is 0 Å². The summed E-state index contributed by atoms with van der Waals surface area (Å²) in [7, 11) is 0. The Labute approximate surface area is 118 Å². The highest BCUT2D eigenvalue weighted by Crippen LogP contribution is 2.38. The Hall–Kier alpha value is -3.22. The Kier molecular flexibility index (Phi) is 3.66. The molecule has 0 radical (unpaired) electrons. The van der Waals surface area contributed by atoms with Gasteiger partial charge in [-0.1, -0.05) is 12.1 Å². The second-order valence-electron chi connectivity index (χ2n) is 4.02. The van der Waals surface area contributed by atoms with Crippen LogP contribution < -0.4 is 4.74 Å². The van der Waals surface area contributed by atoms with Crippen LogP contribution in [0, 0.1) is 0 Å². The van der Waals surface area contributed by atoms with Crippen LogP contribution in [0.4, 0.5) is 0 Å². The molecule has 0 spiro atoms. The van der Waals surface area contributed by atoms with Gasteiger partial charge in [0.25, 0.3) is 0 Å². The predicted octanol–water partition coefficient (Wildman–Crippen LogP) is 2.29. The fraction of sp³-hybridized carbons (Fsp3) is 0. The lowest BCUT2D eigenvalue weighted by Gasteiger charge is -2.11. The molecule has 0 amide bonds. The summed E-state index contributed by atoms with van der Waals surface area (Å²) in [6, 6.07) is 7.62. The summed E-state index contributed by atoms with van der Waals surface area (Å²) >= 11 is 0. The fourth-order valence-corrected chi connectivity index (χ4v) is 1.67. The van der Waals surface area contributed by atoms with Gasteiger partial charge in [-0.15, -0.1) is 0 Å². The molecule has 2 aromatic carbocycles. The maximum absolute atomic E-state index is 10.9. The number of rotatable bonds is 4. The first kappa shape index (κ1) is 14.2. The van der Waals surface area contributed by atoms with E-state index in [1.165, 1.54) is 36.4 Å². The number of carboxylic acids is 2. The Balaban J connectivity index is 2.44. The monoisotopic (exact) mass is 290 g/mol. The van der Waals surface area contributed by atoms with Crippen LogP contribution in [0.3, 0.4) is 0 Å². The zero-order valence-corrected chi connectivity index (χ0v) is 10.5. The molecule has 108 valence electrons. The number of aromatic carboxylic acids is 2. The minimum atomic E-state index is -1.35. The minimum absolute atomic E-state index is 0.215. The molecular formula is C14H10O7. The van der Waals surface area contributed by atoms with E-state index in [1.807, 2.05) is 0 Å². The molecule has 0 saturated heterocycles. The second kappa shape index (κ2) is 5.41. The van der Waals surface area contributed by atoms with Crippen molar-refractivity contribution in [2.24, 2.45) is 0 Å². The number of para-hydroxylation sites is 2. The van der Waals surface area contributed by atoms with Crippen molar-refractivity contribution in [2.45, 2.75) is 0 Å². The van der Waals surface area contributed by atoms with E-state index in [9.17, 15) is 19.8 Å². The molecule has 2 aromatic rings. The molecule has 7 heteroatoms. The molecular weight excluding hydrogens is 280 g/mol. The van der Waals surface area contributed by atoms with Crippen LogP contribution in [-0.4, -0.2) is 32.4 Å². The third kappa shape index (κ3) is 2.71. The normalized spacial score (nSPS) is 10.1. The van der Waals surface area contributed by atoms with Gasteiger partial charge in [0, 0.05) is 0 Å². The summed E-state index contributed by atoms with van der Waals surface area (Å²) in [5, 5.41) is 37.3. The highest BCUT2D eigenvalue weighted by atomic mass is 16.5. The molecule has 0 bridgehead atoms. The van der Waals surface area contributed by atoms with E-state index >= 15 is 0 Å². The lowest BCUT2D eigenvalue weighted by Crippen LogP contribution is -1.99. The number of carbonyl (C=O) groups is 2. The Bertz CT molecular complexity index is 660. The van der Waals surface area contributed by atoms with E-state index in [-0.39, 0.29) is 22.6 Å². The molecule has 0 atom stereocenters. The van der Waals surface area contributed by atoms with Crippen LogP contribution in [0.15, 0.2) is 36.4 Å². The van der Waals surface area contributed by atoms with Crippen molar-refractivity contribution in [3.05, 3.63) is 47.5 Å². The average Bonchev–Trinajstić information content (AvgIpc) is 2.42. The standard InChI is InChI=1S/C14H10O7/c15-11-7(13(17)18)3-1-5-9(11)21-10-6-2-4-8(12(10)16)14(19)20/h1-6,15-16H,(H,17,18)(H,19,20). The summed E-state index contributed by atoms with van der Waals surface area (Å²) < 4.78 is 5.19. The highest BCUT2D eigenvalue weighted by molar-refractivity contribution is 5.92. The molecule has 0 aliphatic heterocycles. The maximum Gasteiger partial charge on any atom is 0.339 e. The van der Waals surface area contributed by atoms with Crippen LogP contribution in [0.2, 0.25) is 0 Å². The van der Waals surface area contributed by atoms with Crippen LogP contribution in [0.5, 0.6) is 23.0 Å². The molecule has 0 saturated carbocycles. The SMILES string of the molecule is O=C(O)c1cccc(Oc2cccc(C(=O)O)c2O)c1O. The summed E-state index contributed by atoms with van der Waals surface area (Å²) in [6.07, 6.45) is 0. The van der Waals surface area contributed by atoms with Crippen molar-refractivity contribution in [1.82, 2.24) is 0 Å². The number of carboxylic acid groups (broad SMARTS) is 2.